The molecule has 0 amide bonds. The lowest BCUT2D eigenvalue weighted by molar-refractivity contribution is 0.181. The van der Waals surface area contributed by atoms with Crippen molar-refractivity contribution in [2.45, 2.75) is 32.3 Å². The van der Waals surface area contributed by atoms with Crippen molar-refractivity contribution in [3.63, 3.8) is 0 Å². The Balaban J connectivity index is 1.62. The third kappa shape index (κ3) is 3.62. The molecule has 136 valence electrons. The molecule has 1 fully saturated rings. The van der Waals surface area contributed by atoms with Crippen LogP contribution in [0.1, 0.15) is 31.4 Å². The average Bonchev–Trinajstić information content (AvgIpc) is 2.96. The zero-order valence-electron chi connectivity index (χ0n) is 15.1. The highest BCUT2D eigenvalue weighted by atomic mass is 16.5. The maximum absolute atomic E-state index is 5.21. The largest absolute Gasteiger partial charge is 0.378 e. The van der Waals surface area contributed by atoms with Gasteiger partial charge in [-0.3, -0.25) is 0 Å². The second-order valence-corrected chi connectivity index (χ2v) is 6.61. The summed E-state index contributed by atoms with van der Waals surface area (Å²) in [6, 6.07) is 10.5. The minimum Gasteiger partial charge on any atom is -0.378 e. The van der Waals surface area contributed by atoms with Crippen LogP contribution in [0, 0.1) is 0 Å². The number of benzene rings is 1. The van der Waals surface area contributed by atoms with Gasteiger partial charge in [0.25, 0.3) is 5.78 Å². The summed E-state index contributed by atoms with van der Waals surface area (Å²) in [7, 11) is 1.66. The SMILES string of the molecule is COCc1cc(Nc2cccc(N3CCCCCC3)c2)n2ncnc2n1. The molecule has 0 saturated carbocycles. The number of fused-ring (bicyclic) bond motifs is 1. The number of hydrogen-bond acceptors (Lipinski definition) is 6. The molecule has 7 heteroatoms. The van der Waals surface area contributed by atoms with Crippen LogP contribution in [0.15, 0.2) is 36.7 Å². The predicted octanol–water partition coefficient (Wildman–Crippen LogP) is 3.39. The molecule has 1 aromatic carbocycles. The van der Waals surface area contributed by atoms with E-state index in [1.165, 1.54) is 37.7 Å². The van der Waals surface area contributed by atoms with E-state index in [2.05, 4.69) is 49.5 Å². The Hall–Kier alpha value is -2.67. The molecule has 2 aromatic heterocycles. The quantitative estimate of drug-likeness (QED) is 0.759. The van der Waals surface area contributed by atoms with Gasteiger partial charge in [-0.15, -0.1) is 0 Å². The lowest BCUT2D eigenvalue weighted by Gasteiger charge is -2.23. The molecule has 1 N–H and O–H groups in total. The van der Waals surface area contributed by atoms with Crippen molar-refractivity contribution in [3.8, 4) is 0 Å². The molecule has 0 radical (unpaired) electrons. The number of methoxy groups -OCH3 is 1. The van der Waals surface area contributed by atoms with Gasteiger partial charge in [0.1, 0.15) is 12.1 Å². The van der Waals surface area contributed by atoms with E-state index in [9.17, 15) is 0 Å². The number of aromatic nitrogens is 4. The van der Waals surface area contributed by atoms with Gasteiger partial charge in [0, 0.05) is 37.6 Å². The predicted molar refractivity (Wildman–Crippen MR) is 102 cm³/mol. The summed E-state index contributed by atoms with van der Waals surface area (Å²) in [6.45, 7) is 2.69. The molecule has 1 saturated heterocycles. The van der Waals surface area contributed by atoms with Gasteiger partial charge >= 0.3 is 0 Å². The molecule has 1 aliphatic heterocycles. The van der Waals surface area contributed by atoms with Crippen molar-refractivity contribution in [1.82, 2.24) is 19.6 Å². The molecule has 1 aliphatic rings. The number of hydrogen-bond donors (Lipinski definition) is 1. The summed E-state index contributed by atoms with van der Waals surface area (Å²) in [5.41, 5.74) is 3.11. The number of rotatable bonds is 5. The van der Waals surface area contributed by atoms with Crippen LogP contribution in [-0.4, -0.2) is 39.8 Å². The molecule has 3 heterocycles. The number of anilines is 3. The topological polar surface area (TPSA) is 67.6 Å². The van der Waals surface area contributed by atoms with Gasteiger partial charge in [-0.1, -0.05) is 18.9 Å². The molecule has 0 unspecified atom stereocenters. The van der Waals surface area contributed by atoms with E-state index in [4.69, 9.17) is 4.74 Å². The van der Waals surface area contributed by atoms with E-state index in [0.717, 1.165) is 30.3 Å². The van der Waals surface area contributed by atoms with Gasteiger partial charge in [-0.2, -0.15) is 14.6 Å². The van der Waals surface area contributed by atoms with E-state index < -0.39 is 0 Å². The van der Waals surface area contributed by atoms with Crippen molar-refractivity contribution in [3.05, 3.63) is 42.4 Å². The Morgan fingerprint density at radius 2 is 1.96 bits per heavy atom. The fraction of sp³-hybridized carbons (Fsp3) is 0.421. The fourth-order valence-electron chi connectivity index (χ4n) is 3.43. The van der Waals surface area contributed by atoms with E-state index in [0.29, 0.717) is 12.4 Å². The zero-order chi connectivity index (χ0) is 17.8. The van der Waals surface area contributed by atoms with Crippen molar-refractivity contribution in [2.75, 3.05) is 30.4 Å². The number of ether oxygens (including phenoxy) is 1. The Morgan fingerprint density at radius 1 is 1.12 bits per heavy atom. The zero-order valence-corrected chi connectivity index (χ0v) is 15.1. The normalized spacial score (nSPS) is 15.2. The molecule has 3 aromatic rings. The van der Waals surface area contributed by atoms with Crippen molar-refractivity contribution in [1.29, 1.82) is 0 Å². The summed E-state index contributed by atoms with van der Waals surface area (Å²) < 4.78 is 6.92. The Kier molecular flexibility index (Phi) is 4.97. The molecule has 0 atom stereocenters. The monoisotopic (exact) mass is 352 g/mol. The first-order chi connectivity index (χ1) is 12.8. The summed E-state index contributed by atoms with van der Waals surface area (Å²) in [5.74, 6) is 1.39. The van der Waals surface area contributed by atoms with Gasteiger partial charge in [0.15, 0.2) is 0 Å². The maximum Gasteiger partial charge on any atom is 0.254 e. The summed E-state index contributed by atoms with van der Waals surface area (Å²) in [6.07, 6.45) is 6.71. The van der Waals surface area contributed by atoms with Crippen LogP contribution in [0.2, 0.25) is 0 Å². The average molecular weight is 352 g/mol. The van der Waals surface area contributed by atoms with Gasteiger partial charge in [0.05, 0.1) is 12.3 Å². The highest BCUT2D eigenvalue weighted by Gasteiger charge is 2.12. The van der Waals surface area contributed by atoms with Crippen LogP contribution < -0.4 is 10.2 Å². The number of nitrogens with zero attached hydrogens (tertiary/aromatic N) is 5. The Bertz CT molecular complexity index is 869. The first kappa shape index (κ1) is 16.8. The Labute approximate surface area is 153 Å². The van der Waals surface area contributed by atoms with Gasteiger partial charge in [-0.05, 0) is 31.0 Å². The minimum absolute atomic E-state index is 0.436. The highest BCUT2D eigenvalue weighted by Crippen LogP contribution is 2.25. The lowest BCUT2D eigenvalue weighted by atomic mass is 10.2. The first-order valence-electron chi connectivity index (χ1n) is 9.14. The van der Waals surface area contributed by atoms with Gasteiger partial charge in [-0.25, -0.2) is 4.98 Å². The molecule has 0 spiro atoms. The van der Waals surface area contributed by atoms with Crippen LogP contribution >= 0.6 is 0 Å². The molecule has 4 rings (SSSR count). The van der Waals surface area contributed by atoms with E-state index in [-0.39, 0.29) is 0 Å². The first-order valence-corrected chi connectivity index (χ1v) is 9.14. The third-order valence-electron chi connectivity index (χ3n) is 4.69. The minimum atomic E-state index is 0.436. The van der Waals surface area contributed by atoms with E-state index >= 15 is 0 Å². The fourth-order valence-corrected chi connectivity index (χ4v) is 3.43. The molecular weight excluding hydrogens is 328 g/mol. The number of nitrogens with one attached hydrogen (secondary N) is 1. The summed E-state index contributed by atoms with van der Waals surface area (Å²) in [5, 5.41) is 7.74. The van der Waals surface area contributed by atoms with Crippen molar-refractivity contribution < 1.29 is 4.74 Å². The molecule has 0 bridgehead atoms. The summed E-state index contributed by atoms with van der Waals surface area (Å²) in [4.78, 5) is 11.1. The van der Waals surface area contributed by atoms with Crippen LogP contribution in [0.5, 0.6) is 0 Å². The van der Waals surface area contributed by atoms with E-state index in [1.807, 2.05) is 6.07 Å². The lowest BCUT2D eigenvalue weighted by Crippen LogP contribution is -2.23. The molecule has 0 aliphatic carbocycles. The third-order valence-corrected chi connectivity index (χ3v) is 4.69. The van der Waals surface area contributed by atoms with Crippen molar-refractivity contribution in [2.24, 2.45) is 0 Å². The van der Waals surface area contributed by atoms with E-state index in [1.54, 1.807) is 11.6 Å². The highest BCUT2D eigenvalue weighted by molar-refractivity contribution is 5.64. The van der Waals surface area contributed by atoms with Gasteiger partial charge in [0.2, 0.25) is 0 Å². The van der Waals surface area contributed by atoms with Crippen LogP contribution in [0.3, 0.4) is 0 Å². The van der Waals surface area contributed by atoms with Crippen LogP contribution in [0.4, 0.5) is 17.2 Å². The van der Waals surface area contributed by atoms with Crippen LogP contribution in [-0.2, 0) is 11.3 Å². The standard InChI is InChI=1S/C19H24N6O/c1-26-13-16-12-18(25-19(23-16)20-14-21-25)22-15-7-6-8-17(11-15)24-9-4-2-3-5-10-24/h6-8,11-12,14,22H,2-5,9-10,13H2,1H3. The summed E-state index contributed by atoms with van der Waals surface area (Å²) >= 11 is 0. The van der Waals surface area contributed by atoms with Gasteiger partial charge < -0.3 is 15.0 Å². The second-order valence-electron chi connectivity index (χ2n) is 6.61. The Morgan fingerprint density at radius 3 is 2.77 bits per heavy atom. The van der Waals surface area contributed by atoms with Crippen LogP contribution in [0.25, 0.3) is 5.78 Å². The van der Waals surface area contributed by atoms with Crippen molar-refractivity contribution >= 4 is 23.0 Å². The molecule has 7 nitrogen and oxygen atoms in total. The molecular formula is C19H24N6O. The maximum atomic E-state index is 5.21. The molecule has 26 heavy (non-hydrogen) atoms. The smallest absolute Gasteiger partial charge is 0.254 e. The second kappa shape index (κ2) is 7.70.